The summed E-state index contributed by atoms with van der Waals surface area (Å²) in [6.07, 6.45) is 19.9. The van der Waals surface area contributed by atoms with E-state index in [-0.39, 0.29) is 5.91 Å². The number of carbonyl (C=O) groups is 2. The van der Waals surface area contributed by atoms with Crippen molar-refractivity contribution in [3.05, 3.63) is 0 Å². The van der Waals surface area contributed by atoms with E-state index < -0.39 is 5.97 Å². The van der Waals surface area contributed by atoms with Crippen LogP contribution in [-0.2, 0) is 9.59 Å². The Labute approximate surface area is 175 Å². The number of hydrogen-bond acceptors (Lipinski definition) is 2. The van der Waals surface area contributed by atoms with Crippen molar-refractivity contribution in [3.63, 3.8) is 0 Å². The summed E-state index contributed by atoms with van der Waals surface area (Å²) in [5, 5.41) is 12.7. The molecular weight excluding hydrogens is 406 g/mol. The number of unbranched alkanes of at least 4 members (excludes halogenated alkanes) is 14. The Morgan fingerprint density at radius 2 is 1.00 bits per heavy atom. The van der Waals surface area contributed by atoms with E-state index in [1.54, 1.807) is 0 Å². The molecule has 0 spiro atoms. The van der Waals surface area contributed by atoms with Gasteiger partial charge in [0.05, 0.1) is 0 Å². The minimum Gasteiger partial charge on any atom is -0.481 e. The molecule has 27 heavy (non-hydrogen) atoms. The van der Waals surface area contributed by atoms with Crippen molar-refractivity contribution in [2.75, 3.05) is 11.9 Å². The zero-order chi connectivity index (χ0) is 20.0. The van der Waals surface area contributed by atoms with Crippen molar-refractivity contribution in [1.29, 1.82) is 0 Å². The second kappa shape index (κ2) is 21.7. The first kappa shape index (κ1) is 26.4. The van der Waals surface area contributed by atoms with E-state index in [2.05, 4.69) is 21.2 Å². The predicted octanol–water partition coefficient (Wildman–Crippen LogP) is 6.60. The van der Waals surface area contributed by atoms with Crippen LogP contribution in [0.4, 0.5) is 0 Å². The molecule has 0 rings (SSSR count). The second-order valence-corrected chi connectivity index (χ2v) is 8.38. The van der Waals surface area contributed by atoms with Crippen molar-refractivity contribution in [2.45, 2.75) is 116 Å². The monoisotopic (exact) mass is 447 g/mol. The SMILES string of the molecule is O=C(O)CCCCCCCCCCNC(=O)CCCCCCCCCCBr. The number of carbonyl (C=O) groups excluding carboxylic acids is 1. The number of hydrogen-bond donors (Lipinski definition) is 2. The summed E-state index contributed by atoms with van der Waals surface area (Å²) in [4.78, 5) is 22.2. The van der Waals surface area contributed by atoms with Crippen LogP contribution in [-0.4, -0.2) is 28.9 Å². The third-order valence-corrected chi connectivity index (χ3v) is 5.49. The highest BCUT2D eigenvalue weighted by atomic mass is 79.9. The van der Waals surface area contributed by atoms with Gasteiger partial charge in [-0.1, -0.05) is 93.0 Å². The molecule has 0 fully saturated rings. The van der Waals surface area contributed by atoms with Crippen LogP contribution in [0.25, 0.3) is 0 Å². The lowest BCUT2D eigenvalue weighted by Crippen LogP contribution is -2.23. The molecule has 0 aromatic heterocycles. The quantitative estimate of drug-likeness (QED) is 0.153. The molecule has 4 nitrogen and oxygen atoms in total. The lowest BCUT2D eigenvalue weighted by atomic mass is 10.1. The molecule has 0 radical (unpaired) electrons. The second-order valence-electron chi connectivity index (χ2n) is 7.59. The molecular formula is C22H42BrNO3. The molecule has 0 atom stereocenters. The molecule has 2 N–H and O–H groups in total. The number of nitrogens with one attached hydrogen (secondary N) is 1. The van der Waals surface area contributed by atoms with Crippen LogP contribution in [0.2, 0.25) is 0 Å². The molecule has 5 heteroatoms. The molecule has 0 aliphatic rings. The van der Waals surface area contributed by atoms with Gasteiger partial charge in [0.15, 0.2) is 0 Å². The first-order valence-electron chi connectivity index (χ1n) is 11.2. The van der Waals surface area contributed by atoms with Gasteiger partial charge in [0.2, 0.25) is 5.91 Å². The molecule has 0 heterocycles. The molecule has 160 valence electrons. The standard InChI is InChI=1S/C22H42BrNO3/c23-19-15-11-7-3-1-5-9-13-17-21(25)24-20-16-12-8-4-2-6-10-14-18-22(26)27/h1-20H2,(H,24,25)(H,26,27). The van der Waals surface area contributed by atoms with Crippen molar-refractivity contribution in [1.82, 2.24) is 5.32 Å². The van der Waals surface area contributed by atoms with E-state index in [4.69, 9.17) is 5.11 Å². The maximum atomic E-state index is 11.8. The predicted molar refractivity (Wildman–Crippen MR) is 118 cm³/mol. The van der Waals surface area contributed by atoms with Gasteiger partial charge in [-0.25, -0.2) is 0 Å². The number of halogens is 1. The summed E-state index contributed by atoms with van der Waals surface area (Å²) in [6, 6.07) is 0. The summed E-state index contributed by atoms with van der Waals surface area (Å²) >= 11 is 3.46. The minimum absolute atomic E-state index is 0.214. The summed E-state index contributed by atoms with van der Waals surface area (Å²) in [5.41, 5.74) is 0. The van der Waals surface area contributed by atoms with Crippen LogP contribution >= 0.6 is 15.9 Å². The largest absolute Gasteiger partial charge is 0.481 e. The lowest BCUT2D eigenvalue weighted by Gasteiger charge is -2.06. The third-order valence-electron chi connectivity index (χ3n) is 4.93. The molecule has 0 aromatic carbocycles. The topological polar surface area (TPSA) is 66.4 Å². The number of rotatable bonds is 21. The van der Waals surface area contributed by atoms with E-state index in [9.17, 15) is 9.59 Å². The van der Waals surface area contributed by atoms with E-state index in [0.29, 0.717) is 12.8 Å². The van der Waals surface area contributed by atoms with Crippen molar-refractivity contribution >= 4 is 27.8 Å². The van der Waals surface area contributed by atoms with Gasteiger partial charge in [-0.15, -0.1) is 0 Å². The highest BCUT2D eigenvalue weighted by molar-refractivity contribution is 9.09. The lowest BCUT2D eigenvalue weighted by molar-refractivity contribution is -0.137. The van der Waals surface area contributed by atoms with Gasteiger partial charge in [0.1, 0.15) is 0 Å². The van der Waals surface area contributed by atoms with Crippen LogP contribution < -0.4 is 5.32 Å². The number of amides is 1. The van der Waals surface area contributed by atoms with Gasteiger partial charge in [0.25, 0.3) is 0 Å². The first-order chi connectivity index (χ1) is 13.2. The fraction of sp³-hybridized carbons (Fsp3) is 0.909. The van der Waals surface area contributed by atoms with Gasteiger partial charge >= 0.3 is 5.97 Å². The smallest absolute Gasteiger partial charge is 0.303 e. The average molecular weight is 448 g/mol. The highest BCUT2D eigenvalue weighted by Crippen LogP contribution is 2.11. The maximum absolute atomic E-state index is 11.8. The van der Waals surface area contributed by atoms with Gasteiger partial charge in [-0.2, -0.15) is 0 Å². The summed E-state index contributed by atoms with van der Waals surface area (Å²) < 4.78 is 0. The summed E-state index contributed by atoms with van der Waals surface area (Å²) in [7, 11) is 0. The average Bonchev–Trinajstić information content (AvgIpc) is 2.64. The van der Waals surface area contributed by atoms with Crippen LogP contribution in [0.1, 0.15) is 116 Å². The molecule has 0 bridgehead atoms. The fourth-order valence-electron chi connectivity index (χ4n) is 3.22. The molecule has 0 unspecified atom stereocenters. The van der Waals surface area contributed by atoms with Crippen molar-refractivity contribution in [3.8, 4) is 0 Å². The Morgan fingerprint density at radius 1 is 0.593 bits per heavy atom. The Hall–Kier alpha value is -0.580. The summed E-state index contributed by atoms with van der Waals surface area (Å²) in [6.45, 7) is 0.811. The van der Waals surface area contributed by atoms with E-state index >= 15 is 0 Å². The Bertz CT molecular complexity index is 350. The molecule has 0 saturated carbocycles. The molecule has 1 amide bonds. The Kier molecular flexibility index (Phi) is 21.3. The number of aliphatic carboxylic acids is 1. The van der Waals surface area contributed by atoms with Crippen molar-refractivity contribution in [2.24, 2.45) is 0 Å². The third kappa shape index (κ3) is 23.4. The number of alkyl halides is 1. The fourth-order valence-corrected chi connectivity index (χ4v) is 3.62. The van der Waals surface area contributed by atoms with Gasteiger partial charge in [0, 0.05) is 24.7 Å². The van der Waals surface area contributed by atoms with Crippen molar-refractivity contribution < 1.29 is 14.7 Å². The molecule has 0 aliphatic carbocycles. The Morgan fingerprint density at radius 3 is 1.48 bits per heavy atom. The van der Waals surface area contributed by atoms with E-state index in [1.165, 1.54) is 70.6 Å². The maximum Gasteiger partial charge on any atom is 0.303 e. The molecule has 0 aromatic rings. The van der Waals surface area contributed by atoms with Crippen LogP contribution in [0.3, 0.4) is 0 Å². The normalized spacial score (nSPS) is 10.9. The van der Waals surface area contributed by atoms with E-state index in [0.717, 1.165) is 44.0 Å². The van der Waals surface area contributed by atoms with Gasteiger partial charge in [-0.3, -0.25) is 9.59 Å². The molecule has 0 saturated heterocycles. The van der Waals surface area contributed by atoms with Crippen LogP contribution in [0.15, 0.2) is 0 Å². The highest BCUT2D eigenvalue weighted by Gasteiger charge is 2.01. The van der Waals surface area contributed by atoms with Gasteiger partial charge < -0.3 is 10.4 Å². The summed E-state index contributed by atoms with van der Waals surface area (Å²) in [5.74, 6) is -0.473. The first-order valence-corrected chi connectivity index (χ1v) is 12.3. The number of carboxylic acid groups (broad SMARTS) is 1. The zero-order valence-corrected chi connectivity index (χ0v) is 18.9. The van der Waals surface area contributed by atoms with E-state index in [1.807, 2.05) is 0 Å². The number of carboxylic acids is 1. The Balaban J connectivity index is 3.16. The zero-order valence-electron chi connectivity index (χ0n) is 17.3. The minimum atomic E-state index is -0.687. The van der Waals surface area contributed by atoms with Gasteiger partial charge in [-0.05, 0) is 25.7 Å². The van der Waals surface area contributed by atoms with Crippen LogP contribution in [0.5, 0.6) is 0 Å². The molecule has 0 aliphatic heterocycles. The van der Waals surface area contributed by atoms with Crippen LogP contribution in [0, 0.1) is 0 Å².